The Morgan fingerprint density at radius 2 is 2.00 bits per heavy atom. The Morgan fingerprint density at radius 3 is 2.67 bits per heavy atom. The molecule has 2 saturated carbocycles. The molecule has 120 valence electrons. The first-order valence-electron chi connectivity index (χ1n) is 9.00. The molecular weight excluding hydrogens is 258 g/mol. The molecule has 2 aliphatic carbocycles. The molecule has 3 nitrogen and oxygen atoms in total. The Morgan fingerprint density at radius 1 is 1.24 bits per heavy atom. The summed E-state index contributed by atoms with van der Waals surface area (Å²) in [6, 6.07) is 3.92. The smallest absolute Gasteiger partial charge is 0.108 e. The van der Waals surface area contributed by atoms with Crippen LogP contribution in [-0.4, -0.2) is 36.1 Å². The molecule has 0 aromatic carbocycles. The molecule has 0 aliphatic heterocycles. The fourth-order valence-corrected chi connectivity index (χ4v) is 4.43. The van der Waals surface area contributed by atoms with Crippen molar-refractivity contribution in [1.82, 2.24) is 10.2 Å². The molecule has 1 N–H and O–H groups in total. The second-order valence-corrected chi connectivity index (χ2v) is 7.37. The average molecular weight is 291 g/mol. The monoisotopic (exact) mass is 291 g/mol. The molecule has 0 aromatic heterocycles. The van der Waals surface area contributed by atoms with Crippen LogP contribution < -0.4 is 5.32 Å². The minimum Gasteiger partial charge on any atom is -0.300 e. The molecule has 0 bridgehead atoms. The Hall–Kier alpha value is -0.590. The molecule has 0 aromatic rings. The molecule has 4 atom stereocenters. The van der Waals surface area contributed by atoms with Gasteiger partial charge in [-0.25, -0.2) is 0 Å². The topological polar surface area (TPSA) is 39.1 Å². The van der Waals surface area contributed by atoms with E-state index in [0.717, 1.165) is 37.8 Å². The summed E-state index contributed by atoms with van der Waals surface area (Å²) in [5, 5.41) is 13.2. The highest BCUT2D eigenvalue weighted by Gasteiger charge is 2.39. The zero-order valence-electron chi connectivity index (χ0n) is 14.2. The summed E-state index contributed by atoms with van der Waals surface area (Å²) in [5.74, 6) is 0.811. The Balaban J connectivity index is 2.00. The van der Waals surface area contributed by atoms with E-state index >= 15 is 0 Å². The van der Waals surface area contributed by atoms with Gasteiger partial charge < -0.3 is 4.90 Å². The highest BCUT2D eigenvalue weighted by Crippen LogP contribution is 2.35. The fourth-order valence-electron chi connectivity index (χ4n) is 4.43. The standard InChI is InChI=1S/C18H33N3/c1-4-12-20-18(14-19)11-7-9-16(13-18)21(3)17-10-6-5-8-15(17)2/h15-17,20H,4-13H2,1-3H3. The van der Waals surface area contributed by atoms with E-state index in [1.807, 2.05) is 0 Å². The molecule has 0 saturated heterocycles. The number of nitrogens with one attached hydrogen (secondary N) is 1. The van der Waals surface area contributed by atoms with Crippen LogP contribution in [0.2, 0.25) is 0 Å². The summed E-state index contributed by atoms with van der Waals surface area (Å²) in [6.45, 7) is 5.55. The van der Waals surface area contributed by atoms with Gasteiger partial charge in [-0.05, 0) is 64.5 Å². The largest absolute Gasteiger partial charge is 0.300 e. The van der Waals surface area contributed by atoms with Gasteiger partial charge in [-0.15, -0.1) is 0 Å². The molecule has 2 fully saturated rings. The van der Waals surface area contributed by atoms with Crippen LogP contribution in [0.25, 0.3) is 0 Å². The van der Waals surface area contributed by atoms with Crippen LogP contribution in [0.3, 0.4) is 0 Å². The summed E-state index contributed by atoms with van der Waals surface area (Å²) in [5.41, 5.74) is -0.273. The molecule has 2 aliphatic rings. The molecule has 0 amide bonds. The third kappa shape index (κ3) is 3.99. The second kappa shape index (κ2) is 7.61. The zero-order valence-corrected chi connectivity index (χ0v) is 14.2. The van der Waals surface area contributed by atoms with Crippen LogP contribution >= 0.6 is 0 Å². The third-order valence-electron chi connectivity index (χ3n) is 5.82. The van der Waals surface area contributed by atoms with E-state index in [-0.39, 0.29) is 5.54 Å². The number of rotatable bonds is 5. The number of hydrogen-bond acceptors (Lipinski definition) is 3. The Bertz CT molecular complexity index is 362. The van der Waals surface area contributed by atoms with Crippen molar-refractivity contribution >= 4 is 0 Å². The average Bonchev–Trinajstić information content (AvgIpc) is 2.53. The molecular formula is C18H33N3. The summed E-state index contributed by atoms with van der Waals surface area (Å²) >= 11 is 0. The SMILES string of the molecule is CCCNC1(C#N)CCCC(N(C)C2CCCCC2C)C1. The third-order valence-corrected chi connectivity index (χ3v) is 5.82. The van der Waals surface area contributed by atoms with Gasteiger partial charge in [-0.2, -0.15) is 5.26 Å². The molecule has 0 spiro atoms. The minimum absolute atomic E-state index is 0.273. The maximum atomic E-state index is 9.70. The van der Waals surface area contributed by atoms with E-state index in [0.29, 0.717) is 6.04 Å². The van der Waals surface area contributed by atoms with Gasteiger partial charge in [0, 0.05) is 12.1 Å². The molecule has 21 heavy (non-hydrogen) atoms. The van der Waals surface area contributed by atoms with Crippen molar-refractivity contribution in [3.8, 4) is 6.07 Å². The van der Waals surface area contributed by atoms with Crippen molar-refractivity contribution in [3.05, 3.63) is 0 Å². The van der Waals surface area contributed by atoms with Gasteiger partial charge in [0.1, 0.15) is 5.54 Å². The molecule has 0 heterocycles. The lowest BCUT2D eigenvalue weighted by Crippen LogP contribution is -2.55. The Kier molecular flexibility index (Phi) is 6.08. The van der Waals surface area contributed by atoms with E-state index in [1.54, 1.807) is 0 Å². The first-order valence-corrected chi connectivity index (χ1v) is 9.00. The van der Waals surface area contributed by atoms with Crippen molar-refractivity contribution in [2.75, 3.05) is 13.6 Å². The molecule has 0 radical (unpaired) electrons. The van der Waals surface area contributed by atoms with Crippen molar-refractivity contribution in [1.29, 1.82) is 5.26 Å². The summed E-state index contributed by atoms with van der Waals surface area (Å²) in [4.78, 5) is 2.63. The van der Waals surface area contributed by atoms with Crippen LogP contribution in [0.1, 0.15) is 71.6 Å². The molecule has 4 unspecified atom stereocenters. The predicted octanol–water partition coefficient (Wildman–Crippen LogP) is 3.70. The van der Waals surface area contributed by atoms with Gasteiger partial charge in [0.2, 0.25) is 0 Å². The van der Waals surface area contributed by atoms with Crippen LogP contribution in [0, 0.1) is 17.2 Å². The van der Waals surface area contributed by atoms with Crippen LogP contribution in [0.5, 0.6) is 0 Å². The van der Waals surface area contributed by atoms with Crippen LogP contribution in [0.15, 0.2) is 0 Å². The summed E-state index contributed by atoms with van der Waals surface area (Å²) in [7, 11) is 2.31. The van der Waals surface area contributed by atoms with Crippen molar-refractivity contribution in [2.24, 2.45) is 5.92 Å². The maximum Gasteiger partial charge on any atom is 0.108 e. The van der Waals surface area contributed by atoms with Crippen molar-refractivity contribution < 1.29 is 0 Å². The van der Waals surface area contributed by atoms with E-state index in [9.17, 15) is 5.26 Å². The minimum atomic E-state index is -0.273. The summed E-state index contributed by atoms with van der Waals surface area (Å²) in [6.07, 6.45) is 11.1. The highest BCUT2D eigenvalue weighted by atomic mass is 15.2. The second-order valence-electron chi connectivity index (χ2n) is 7.37. The maximum absolute atomic E-state index is 9.70. The first kappa shape index (κ1) is 16.8. The number of hydrogen-bond donors (Lipinski definition) is 1. The first-order chi connectivity index (χ1) is 10.1. The van der Waals surface area contributed by atoms with E-state index in [4.69, 9.17) is 0 Å². The van der Waals surface area contributed by atoms with Gasteiger partial charge in [0.15, 0.2) is 0 Å². The summed E-state index contributed by atoms with van der Waals surface area (Å²) < 4.78 is 0. The highest BCUT2D eigenvalue weighted by molar-refractivity contribution is 5.11. The van der Waals surface area contributed by atoms with Gasteiger partial charge in [-0.1, -0.05) is 26.7 Å². The lowest BCUT2D eigenvalue weighted by atomic mass is 9.77. The quantitative estimate of drug-likeness (QED) is 0.839. The lowest BCUT2D eigenvalue weighted by Gasteiger charge is -2.46. The number of nitrogens with zero attached hydrogens (tertiary/aromatic N) is 2. The Labute approximate surface area is 131 Å². The van der Waals surface area contributed by atoms with Gasteiger partial charge in [0.25, 0.3) is 0 Å². The number of nitriles is 1. The van der Waals surface area contributed by atoms with Crippen LogP contribution in [-0.2, 0) is 0 Å². The van der Waals surface area contributed by atoms with E-state index in [1.165, 1.54) is 38.5 Å². The fraction of sp³-hybridized carbons (Fsp3) is 0.944. The van der Waals surface area contributed by atoms with Crippen molar-refractivity contribution in [2.45, 2.75) is 89.3 Å². The van der Waals surface area contributed by atoms with E-state index in [2.05, 4.69) is 37.2 Å². The van der Waals surface area contributed by atoms with Crippen LogP contribution in [0.4, 0.5) is 0 Å². The zero-order chi connectivity index (χ0) is 15.3. The van der Waals surface area contributed by atoms with Gasteiger partial charge >= 0.3 is 0 Å². The lowest BCUT2D eigenvalue weighted by molar-refractivity contribution is 0.0600. The predicted molar refractivity (Wildman–Crippen MR) is 88.1 cm³/mol. The van der Waals surface area contributed by atoms with Gasteiger partial charge in [-0.3, -0.25) is 5.32 Å². The molecule has 2 rings (SSSR count). The van der Waals surface area contributed by atoms with Gasteiger partial charge in [0.05, 0.1) is 6.07 Å². The normalized spacial score (nSPS) is 37.4. The van der Waals surface area contributed by atoms with E-state index < -0.39 is 0 Å². The molecule has 3 heteroatoms. The van der Waals surface area contributed by atoms with Crippen molar-refractivity contribution in [3.63, 3.8) is 0 Å².